The number of hydrogen-bond acceptors (Lipinski definition) is 3. The zero-order chi connectivity index (χ0) is 9.26. The van der Waals surface area contributed by atoms with E-state index >= 15 is 0 Å². The monoisotopic (exact) mass is 193 g/mol. The van der Waals surface area contributed by atoms with Gasteiger partial charge in [-0.3, -0.25) is 0 Å². The highest BCUT2D eigenvalue weighted by Gasteiger charge is 2.04. The van der Waals surface area contributed by atoms with Gasteiger partial charge in [-0.2, -0.15) is 0 Å². The van der Waals surface area contributed by atoms with Crippen molar-refractivity contribution < 1.29 is 4.74 Å². The molecule has 13 heavy (non-hydrogen) atoms. The Kier molecular flexibility index (Phi) is 2.20. The fourth-order valence-corrected chi connectivity index (χ4v) is 2.39. The van der Waals surface area contributed by atoms with Crippen molar-refractivity contribution in [1.29, 1.82) is 0 Å². The van der Waals surface area contributed by atoms with Crippen LogP contribution in [-0.4, -0.2) is 7.11 Å². The number of rotatable bonds is 2. The molecule has 68 valence electrons. The topological polar surface area (TPSA) is 35.2 Å². The standard InChI is InChI=1S/C10H11NOS/c1-12-5-7-6-13-10-8(7)3-2-4-9(10)11/h2-4,6H,5,11H2,1H3. The molecule has 3 heteroatoms. The van der Waals surface area contributed by atoms with Crippen LogP contribution in [0.3, 0.4) is 0 Å². The van der Waals surface area contributed by atoms with Gasteiger partial charge in [-0.1, -0.05) is 12.1 Å². The largest absolute Gasteiger partial charge is 0.398 e. The van der Waals surface area contributed by atoms with Gasteiger partial charge in [-0.25, -0.2) is 0 Å². The predicted molar refractivity (Wildman–Crippen MR) is 57.0 cm³/mol. The van der Waals surface area contributed by atoms with Crippen LogP contribution in [0.25, 0.3) is 10.1 Å². The summed E-state index contributed by atoms with van der Waals surface area (Å²) in [4.78, 5) is 0. The summed E-state index contributed by atoms with van der Waals surface area (Å²) in [5.41, 5.74) is 7.90. The Labute approximate surface area is 80.9 Å². The molecule has 2 N–H and O–H groups in total. The van der Waals surface area contributed by atoms with Crippen LogP contribution < -0.4 is 5.73 Å². The van der Waals surface area contributed by atoms with Gasteiger partial charge in [0.15, 0.2) is 0 Å². The average Bonchev–Trinajstić information content (AvgIpc) is 2.51. The molecular formula is C10H11NOS. The van der Waals surface area contributed by atoms with Gasteiger partial charge in [0.1, 0.15) is 0 Å². The summed E-state index contributed by atoms with van der Waals surface area (Å²) in [5, 5.41) is 3.32. The second-order valence-electron chi connectivity index (χ2n) is 2.92. The number of benzene rings is 1. The summed E-state index contributed by atoms with van der Waals surface area (Å²) < 4.78 is 6.26. The first-order valence-corrected chi connectivity index (χ1v) is 4.94. The SMILES string of the molecule is COCc1csc2c(N)cccc12. The summed E-state index contributed by atoms with van der Waals surface area (Å²) in [6.45, 7) is 0.656. The van der Waals surface area contributed by atoms with Crippen molar-refractivity contribution in [1.82, 2.24) is 0 Å². The van der Waals surface area contributed by atoms with E-state index < -0.39 is 0 Å². The minimum Gasteiger partial charge on any atom is -0.398 e. The molecule has 0 saturated carbocycles. The van der Waals surface area contributed by atoms with Crippen LogP contribution in [0.2, 0.25) is 0 Å². The maximum atomic E-state index is 5.84. The Bertz CT molecular complexity index is 422. The summed E-state index contributed by atoms with van der Waals surface area (Å²) in [6, 6.07) is 5.98. The van der Waals surface area contributed by atoms with Crippen molar-refractivity contribution in [2.24, 2.45) is 0 Å². The maximum Gasteiger partial charge on any atom is 0.0727 e. The van der Waals surface area contributed by atoms with Crippen LogP contribution in [0.1, 0.15) is 5.56 Å². The van der Waals surface area contributed by atoms with Crippen LogP contribution in [0.5, 0.6) is 0 Å². The van der Waals surface area contributed by atoms with E-state index in [4.69, 9.17) is 10.5 Å². The minimum atomic E-state index is 0.656. The smallest absolute Gasteiger partial charge is 0.0727 e. The molecule has 0 spiro atoms. The molecule has 0 aliphatic rings. The lowest BCUT2D eigenvalue weighted by Crippen LogP contribution is -1.86. The zero-order valence-electron chi connectivity index (χ0n) is 7.41. The van der Waals surface area contributed by atoms with Crippen LogP contribution in [0.4, 0.5) is 5.69 Å². The number of ether oxygens (including phenoxy) is 1. The fraction of sp³-hybridized carbons (Fsp3) is 0.200. The first-order chi connectivity index (χ1) is 6.33. The van der Waals surface area contributed by atoms with Crippen LogP contribution >= 0.6 is 11.3 Å². The van der Waals surface area contributed by atoms with E-state index in [2.05, 4.69) is 11.4 Å². The highest BCUT2D eigenvalue weighted by Crippen LogP contribution is 2.30. The zero-order valence-corrected chi connectivity index (χ0v) is 8.23. The van der Waals surface area contributed by atoms with Crippen molar-refractivity contribution >= 4 is 27.1 Å². The van der Waals surface area contributed by atoms with Crippen molar-refractivity contribution in [3.8, 4) is 0 Å². The molecule has 0 radical (unpaired) electrons. The number of hydrogen-bond donors (Lipinski definition) is 1. The number of nitrogen functional groups attached to an aromatic ring is 1. The Morgan fingerprint density at radius 1 is 1.46 bits per heavy atom. The van der Waals surface area contributed by atoms with E-state index in [1.165, 1.54) is 10.9 Å². The first-order valence-electron chi connectivity index (χ1n) is 4.06. The average molecular weight is 193 g/mol. The molecule has 0 unspecified atom stereocenters. The quantitative estimate of drug-likeness (QED) is 0.744. The molecule has 0 aliphatic heterocycles. The minimum absolute atomic E-state index is 0.656. The Balaban J connectivity index is 2.61. The van der Waals surface area contributed by atoms with E-state index in [0.717, 1.165) is 10.4 Å². The number of fused-ring (bicyclic) bond motifs is 1. The maximum absolute atomic E-state index is 5.84. The van der Waals surface area contributed by atoms with Gasteiger partial charge in [0, 0.05) is 18.2 Å². The predicted octanol–water partition coefficient (Wildman–Crippen LogP) is 2.63. The van der Waals surface area contributed by atoms with Gasteiger partial charge in [-0.15, -0.1) is 11.3 Å². The fourth-order valence-electron chi connectivity index (χ4n) is 1.40. The third-order valence-electron chi connectivity index (χ3n) is 2.01. The second kappa shape index (κ2) is 3.36. The molecular weight excluding hydrogens is 182 g/mol. The highest BCUT2D eigenvalue weighted by molar-refractivity contribution is 7.18. The Hall–Kier alpha value is -1.06. The Morgan fingerprint density at radius 2 is 2.31 bits per heavy atom. The molecule has 0 fully saturated rings. The third-order valence-corrected chi connectivity index (χ3v) is 3.10. The van der Waals surface area contributed by atoms with Gasteiger partial charge in [-0.05, 0) is 17.0 Å². The van der Waals surface area contributed by atoms with Crippen LogP contribution in [-0.2, 0) is 11.3 Å². The number of thiophene rings is 1. The lowest BCUT2D eigenvalue weighted by molar-refractivity contribution is 0.186. The normalized spacial score (nSPS) is 10.8. The van der Waals surface area contributed by atoms with Gasteiger partial charge < -0.3 is 10.5 Å². The molecule has 1 aromatic heterocycles. The lowest BCUT2D eigenvalue weighted by atomic mass is 10.2. The van der Waals surface area contributed by atoms with Crippen molar-refractivity contribution in [2.45, 2.75) is 6.61 Å². The van der Waals surface area contributed by atoms with Crippen molar-refractivity contribution in [3.05, 3.63) is 29.1 Å². The summed E-state index contributed by atoms with van der Waals surface area (Å²) in [5.74, 6) is 0. The molecule has 0 saturated heterocycles. The van der Waals surface area contributed by atoms with Crippen molar-refractivity contribution in [3.63, 3.8) is 0 Å². The van der Waals surface area contributed by atoms with E-state index in [-0.39, 0.29) is 0 Å². The summed E-state index contributed by atoms with van der Waals surface area (Å²) in [7, 11) is 1.70. The van der Waals surface area contributed by atoms with Gasteiger partial charge in [0.2, 0.25) is 0 Å². The molecule has 2 aromatic rings. The van der Waals surface area contributed by atoms with E-state index in [1.54, 1.807) is 18.4 Å². The summed E-state index contributed by atoms with van der Waals surface area (Å²) >= 11 is 1.68. The Morgan fingerprint density at radius 3 is 3.08 bits per heavy atom. The van der Waals surface area contributed by atoms with Crippen LogP contribution in [0.15, 0.2) is 23.6 Å². The van der Waals surface area contributed by atoms with Gasteiger partial charge >= 0.3 is 0 Å². The third kappa shape index (κ3) is 1.41. The molecule has 1 aromatic carbocycles. The van der Waals surface area contributed by atoms with Crippen molar-refractivity contribution in [2.75, 3.05) is 12.8 Å². The van der Waals surface area contributed by atoms with E-state index in [1.807, 2.05) is 12.1 Å². The molecule has 0 amide bonds. The molecule has 0 aliphatic carbocycles. The molecule has 0 bridgehead atoms. The molecule has 2 rings (SSSR count). The highest BCUT2D eigenvalue weighted by atomic mass is 32.1. The van der Waals surface area contributed by atoms with E-state index in [9.17, 15) is 0 Å². The first kappa shape index (κ1) is 8.53. The lowest BCUT2D eigenvalue weighted by Gasteiger charge is -1.98. The van der Waals surface area contributed by atoms with Crippen LogP contribution in [0, 0.1) is 0 Å². The molecule has 0 atom stereocenters. The van der Waals surface area contributed by atoms with Gasteiger partial charge in [0.05, 0.1) is 11.3 Å². The summed E-state index contributed by atoms with van der Waals surface area (Å²) in [6.07, 6.45) is 0. The number of anilines is 1. The molecule has 1 heterocycles. The number of methoxy groups -OCH3 is 1. The molecule has 2 nitrogen and oxygen atoms in total. The number of nitrogens with two attached hydrogens (primary N) is 1. The van der Waals surface area contributed by atoms with E-state index in [0.29, 0.717) is 6.61 Å². The second-order valence-corrected chi connectivity index (χ2v) is 3.80. The van der Waals surface area contributed by atoms with Gasteiger partial charge in [0.25, 0.3) is 0 Å².